The molecule has 1 fully saturated rings. The molecule has 1 aliphatic rings. The normalized spacial score (nSPS) is 19.4. The van der Waals surface area contributed by atoms with E-state index in [9.17, 15) is 9.90 Å². The van der Waals surface area contributed by atoms with Crippen molar-refractivity contribution >= 4 is 17.5 Å². The average Bonchev–Trinajstić information content (AvgIpc) is 2.47. The second kappa shape index (κ2) is 8.37. The maximum atomic E-state index is 11.9. The van der Waals surface area contributed by atoms with Gasteiger partial charge in [-0.25, -0.2) is 0 Å². The lowest BCUT2D eigenvalue weighted by Crippen LogP contribution is -2.43. The van der Waals surface area contributed by atoms with Gasteiger partial charge in [0.2, 0.25) is 5.91 Å². The van der Waals surface area contributed by atoms with Crippen LogP contribution in [0, 0.1) is 5.92 Å². The summed E-state index contributed by atoms with van der Waals surface area (Å²) in [4.78, 5) is 14.0. The monoisotopic (exact) mass is 310 g/mol. The Kier molecular flexibility index (Phi) is 6.49. The minimum absolute atomic E-state index is 0.0515. The van der Waals surface area contributed by atoms with E-state index in [1.54, 1.807) is 0 Å². The molecular formula is C16H23ClN2O2. The van der Waals surface area contributed by atoms with E-state index in [0.717, 1.165) is 42.9 Å². The van der Waals surface area contributed by atoms with Crippen LogP contribution in [0.2, 0.25) is 5.02 Å². The highest BCUT2D eigenvalue weighted by molar-refractivity contribution is 6.30. The van der Waals surface area contributed by atoms with Crippen LogP contribution in [0.25, 0.3) is 0 Å². The fourth-order valence-corrected chi connectivity index (χ4v) is 2.95. The fraction of sp³-hybridized carbons (Fsp3) is 0.562. The number of piperidine rings is 1. The number of nitrogens with one attached hydrogen (secondary N) is 1. The molecule has 0 bridgehead atoms. The molecule has 1 heterocycles. The zero-order valence-electron chi connectivity index (χ0n) is 12.2. The van der Waals surface area contributed by atoms with Gasteiger partial charge >= 0.3 is 0 Å². The van der Waals surface area contributed by atoms with Gasteiger partial charge in [0, 0.05) is 24.7 Å². The van der Waals surface area contributed by atoms with Gasteiger partial charge in [-0.3, -0.25) is 9.69 Å². The van der Waals surface area contributed by atoms with E-state index in [1.165, 1.54) is 0 Å². The number of aliphatic hydroxyl groups excluding tert-OH is 1. The van der Waals surface area contributed by atoms with Gasteiger partial charge in [0.1, 0.15) is 0 Å². The van der Waals surface area contributed by atoms with Crippen molar-refractivity contribution in [1.29, 1.82) is 0 Å². The Balaban J connectivity index is 1.67. The molecule has 0 radical (unpaired) electrons. The molecule has 1 aromatic carbocycles. The molecule has 1 aromatic rings. The molecule has 0 aromatic heterocycles. The van der Waals surface area contributed by atoms with Crippen molar-refractivity contribution in [3.8, 4) is 0 Å². The number of aliphatic hydroxyl groups is 1. The van der Waals surface area contributed by atoms with E-state index in [1.807, 2.05) is 24.3 Å². The van der Waals surface area contributed by atoms with Crippen LogP contribution in [-0.4, -0.2) is 48.7 Å². The van der Waals surface area contributed by atoms with E-state index >= 15 is 0 Å². The van der Waals surface area contributed by atoms with Crippen LogP contribution in [0.15, 0.2) is 24.3 Å². The van der Waals surface area contributed by atoms with E-state index < -0.39 is 0 Å². The molecule has 5 heteroatoms. The van der Waals surface area contributed by atoms with Crippen LogP contribution in [0.3, 0.4) is 0 Å². The number of nitrogens with zero attached hydrogens (tertiary/aromatic N) is 1. The van der Waals surface area contributed by atoms with Crippen LogP contribution in [-0.2, 0) is 11.2 Å². The summed E-state index contributed by atoms with van der Waals surface area (Å²) in [6.07, 6.45) is 2.90. The summed E-state index contributed by atoms with van der Waals surface area (Å²) in [5, 5.41) is 12.9. The molecule has 0 spiro atoms. The maximum Gasteiger partial charge on any atom is 0.234 e. The molecule has 1 aliphatic heterocycles. The summed E-state index contributed by atoms with van der Waals surface area (Å²) < 4.78 is 0. The average molecular weight is 311 g/mol. The molecule has 4 nitrogen and oxygen atoms in total. The van der Waals surface area contributed by atoms with Gasteiger partial charge in [0.05, 0.1) is 6.54 Å². The molecule has 116 valence electrons. The van der Waals surface area contributed by atoms with Crippen molar-refractivity contribution < 1.29 is 9.90 Å². The van der Waals surface area contributed by atoms with Crippen molar-refractivity contribution in [1.82, 2.24) is 10.2 Å². The lowest BCUT2D eigenvalue weighted by Gasteiger charge is -2.31. The van der Waals surface area contributed by atoms with Crippen LogP contribution in [0.1, 0.15) is 18.4 Å². The Morgan fingerprint density at radius 2 is 2.33 bits per heavy atom. The third kappa shape index (κ3) is 5.65. The lowest BCUT2D eigenvalue weighted by molar-refractivity contribution is -0.122. The summed E-state index contributed by atoms with van der Waals surface area (Å²) in [5.41, 5.74) is 1.13. The van der Waals surface area contributed by atoms with E-state index in [-0.39, 0.29) is 12.5 Å². The zero-order valence-corrected chi connectivity index (χ0v) is 13.0. The quantitative estimate of drug-likeness (QED) is 0.841. The number of benzene rings is 1. The highest BCUT2D eigenvalue weighted by atomic mass is 35.5. The van der Waals surface area contributed by atoms with E-state index in [0.29, 0.717) is 19.0 Å². The number of rotatable bonds is 6. The third-order valence-corrected chi connectivity index (χ3v) is 4.09. The Labute approximate surface area is 131 Å². The van der Waals surface area contributed by atoms with Gasteiger partial charge in [-0.05, 0) is 49.4 Å². The minimum atomic E-state index is 0.0515. The molecule has 2 rings (SSSR count). The van der Waals surface area contributed by atoms with Crippen LogP contribution < -0.4 is 5.32 Å². The molecule has 2 N–H and O–H groups in total. The van der Waals surface area contributed by atoms with Crippen LogP contribution in [0.5, 0.6) is 0 Å². The molecule has 1 unspecified atom stereocenters. The molecule has 1 atom stereocenters. The standard InChI is InChI=1S/C16H23ClN2O2/c17-15-5-1-3-13(9-15)6-7-18-16(21)11-19-8-2-4-14(10-19)12-20/h1,3,5,9,14,20H,2,4,6-8,10-12H2,(H,18,21). The first-order valence-electron chi connectivity index (χ1n) is 7.51. The van der Waals surface area contributed by atoms with Crippen molar-refractivity contribution in [2.45, 2.75) is 19.3 Å². The second-order valence-corrected chi connectivity index (χ2v) is 6.09. The summed E-state index contributed by atoms with van der Waals surface area (Å²) in [5.74, 6) is 0.369. The van der Waals surface area contributed by atoms with Gasteiger partial charge in [0.25, 0.3) is 0 Å². The molecule has 0 saturated carbocycles. The summed E-state index contributed by atoms with van der Waals surface area (Å²) >= 11 is 5.93. The highest BCUT2D eigenvalue weighted by Crippen LogP contribution is 2.15. The first kappa shape index (κ1) is 16.3. The van der Waals surface area contributed by atoms with Crippen molar-refractivity contribution in [3.63, 3.8) is 0 Å². The van der Waals surface area contributed by atoms with Gasteiger partial charge in [0.15, 0.2) is 0 Å². The third-order valence-electron chi connectivity index (χ3n) is 3.85. The molecular weight excluding hydrogens is 288 g/mol. The molecule has 1 amide bonds. The SMILES string of the molecule is O=C(CN1CCCC(CO)C1)NCCc1cccc(Cl)c1. The number of likely N-dealkylation sites (tertiary alicyclic amines) is 1. The topological polar surface area (TPSA) is 52.6 Å². The minimum Gasteiger partial charge on any atom is -0.396 e. The lowest BCUT2D eigenvalue weighted by atomic mass is 9.99. The van der Waals surface area contributed by atoms with Gasteiger partial charge < -0.3 is 10.4 Å². The summed E-state index contributed by atoms with van der Waals surface area (Å²) in [6.45, 7) is 3.02. The maximum absolute atomic E-state index is 11.9. The number of amides is 1. The van der Waals surface area contributed by atoms with Gasteiger partial charge in [-0.2, -0.15) is 0 Å². The van der Waals surface area contributed by atoms with Crippen molar-refractivity contribution in [2.75, 3.05) is 32.8 Å². The number of carbonyl (C=O) groups excluding carboxylic acids is 1. The highest BCUT2D eigenvalue weighted by Gasteiger charge is 2.20. The van der Waals surface area contributed by atoms with Gasteiger partial charge in [-0.15, -0.1) is 0 Å². The number of carbonyl (C=O) groups is 1. The largest absolute Gasteiger partial charge is 0.396 e. The number of halogens is 1. The smallest absolute Gasteiger partial charge is 0.234 e. The predicted molar refractivity (Wildman–Crippen MR) is 84.4 cm³/mol. The summed E-state index contributed by atoms with van der Waals surface area (Å²) in [7, 11) is 0. The second-order valence-electron chi connectivity index (χ2n) is 5.66. The first-order chi connectivity index (χ1) is 10.2. The Morgan fingerprint density at radius 3 is 3.10 bits per heavy atom. The number of hydrogen-bond acceptors (Lipinski definition) is 3. The Bertz CT molecular complexity index is 467. The van der Waals surface area contributed by atoms with Crippen molar-refractivity contribution in [3.05, 3.63) is 34.9 Å². The summed E-state index contributed by atoms with van der Waals surface area (Å²) in [6, 6.07) is 7.69. The zero-order chi connectivity index (χ0) is 15.1. The van der Waals surface area contributed by atoms with Crippen LogP contribution >= 0.6 is 11.6 Å². The van der Waals surface area contributed by atoms with Crippen molar-refractivity contribution in [2.24, 2.45) is 5.92 Å². The molecule has 1 saturated heterocycles. The Hall–Kier alpha value is -1.10. The van der Waals surface area contributed by atoms with Crippen LogP contribution in [0.4, 0.5) is 0 Å². The van der Waals surface area contributed by atoms with E-state index in [4.69, 9.17) is 11.6 Å². The van der Waals surface area contributed by atoms with E-state index in [2.05, 4.69) is 10.2 Å². The first-order valence-corrected chi connectivity index (χ1v) is 7.89. The molecule has 21 heavy (non-hydrogen) atoms. The fourth-order valence-electron chi connectivity index (χ4n) is 2.74. The number of hydrogen-bond donors (Lipinski definition) is 2. The Morgan fingerprint density at radius 1 is 1.48 bits per heavy atom. The molecule has 0 aliphatic carbocycles. The predicted octanol–water partition coefficient (Wildman–Crippen LogP) is 1.70. The van der Waals surface area contributed by atoms with Gasteiger partial charge in [-0.1, -0.05) is 23.7 Å².